The summed E-state index contributed by atoms with van der Waals surface area (Å²) in [5.74, 6) is -0.222. The SMILES string of the molecule is CCC(CC(C)c1ccc(CP(=O)([O-])OP(=O)([O-])[O-])cc1)S(=O)(=O)O. The van der Waals surface area contributed by atoms with Crippen molar-refractivity contribution in [1.82, 2.24) is 0 Å². The standard InChI is InChI=1S/C13H22O9P2S/c1-3-13(25(19,20)21)8-10(2)12-6-4-11(5-7-12)9-23(14,15)22-24(16,17)18/h4-7,10,13H,3,8-9H2,1-2H3,(H,14,15)(H2,16,17,18)(H,19,20,21)/p-3. The highest BCUT2D eigenvalue weighted by molar-refractivity contribution is 7.86. The number of benzene rings is 1. The lowest BCUT2D eigenvalue weighted by Crippen LogP contribution is -2.21. The van der Waals surface area contributed by atoms with Gasteiger partial charge in [-0.2, -0.15) is 8.42 Å². The van der Waals surface area contributed by atoms with Crippen molar-refractivity contribution in [3.63, 3.8) is 0 Å². The molecule has 0 radical (unpaired) electrons. The number of rotatable bonds is 9. The summed E-state index contributed by atoms with van der Waals surface area (Å²) in [7, 11) is -14.7. The van der Waals surface area contributed by atoms with Gasteiger partial charge in [-0.15, -0.1) is 0 Å². The van der Waals surface area contributed by atoms with Gasteiger partial charge in [-0.05, 0) is 29.9 Å². The largest absolute Gasteiger partial charge is 0.790 e. The Bertz CT molecular complexity index is 769. The quantitative estimate of drug-likeness (QED) is 0.453. The van der Waals surface area contributed by atoms with Crippen LogP contribution in [0.5, 0.6) is 0 Å². The van der Waals surface area contributed by atoms with Crippen LogP contribution in [0.2, 0.25) is 0 Å². The molecule has 1 N–H and O–H groups in total. The fourth-order valence-corrected chi connectivity index (χ4v) is 5.45. The van der Waals surface area contributed by atoms with Crippen LogP contribution in [0.15, 0.2) is 24.3 Å². The Kier molecular flexibility index (Phi) is 7.56. The second-order valence-electron chi connectivity index (χ2n) is 5.72. The van der Waals surface area contributed by atoms with E-state index in [1.165, 1.54) is 12.1 Å². The summed E-state index contributed by atoms with van der Waals surface area (Å²) in [6.45, 7) is 3.40. The van der Waals surface area contributed by atoms with Gasteiger partial charge in [-0.1, -0.05) is 38.1 Å². The zero-order chi connectivity index (χ0) is 19.5. The summed E-state index contributed by atoms with van der Waals surface area (Å²) in [6.07, 6.45) is -0.325. The lowest BCUT2D eigenvalue weighted by Gasteiger charge is -2.36. The molecule has 0 aliphatic carbocycles. The minimum Gasteiger partial charge on any atom is -0.790 e. The Morgan fingerprint density at radius 1 is 1.16 bits per heavy atom. The van der Waals surface area contributed by atoms with Gasteiger partial charge in [-0.3, -0.25) is 4.55 Å². The minimum absolute atomic E-state index is 0.188. The smallest absolute Gasteiger partial charge is 0.267 e. The normalized spacial score (nSPS) is 17.7. The summed E-state index contributed by atoms with van der Waals surface area (Å²) >= 11 is 0. The first-order chi connectivity index (χ1) is 11.2. The molecule has 0 aliphatic heterocycles. The molecule has 0 saturated heterocycles. The zero-order valence-corrected chi connectivity index (χ0v) is 16.2. The van der Waals surface area contributed by atoms with Gasteiger partial charge in [0.1, 0.15) is 7.60 Å². The molecule has 0 saturated carbocycles. The molecule has 0 amide bonds. The first-order valence-electron chi connectivity index (χ1n) is 7.32. The van der Waals surface area contributed by atoms with Crippen LogP contribution in [0.4, 0.5) is 0 Å². The number of hydrogen-bond donors (Lipinski definition) is 1. The predicted molar refractivity (Wildman–Crippen MR) is 85.1 cm³/mol. The molecule has 0 bridgehead atoms. The van der Waals surface area contributed by atoms with Crippen molar-refractivity contribution in [1.29, 1.82) is 0 Å². The third-order valence-electron chi connectivity index (χ3n) is 3.64. The molecule has 25 heavy (non-hydrogen) atoms. The van der Waals surface area contributed by atoms with Gasteiger partial charge in [0.2, 0.25) is 0 Å². The highest BCUT2D eigenvalue weighted by Crippen LogP contribution is 2.51. The Morgan fingerprint density at radius 2 is 1.68 bits per heavy atom. The van der Waals surface area contributed by atoms with Crippen molar-refractivity contribution in [2.75, 3.05) is 0 Å². The van der Waals surface area contributed by atoms with E-state index in [9.17, 15) is 32.2 Å². The molecule has 0 aromatic heterocycles. The van der Waals surface area contributed by atoms with E-state index < -0.39 is 36.9 Å². The first kappa shape index (κ1) is 22.5. The fourth-order valence-electron chi connectivity index (χ4n) is 2.39. The topological polar surface area (TPSA) is 167 Å². The number of phosphoric acid groups is 1. The average molecular weight is 413 g/mol. The van der Waals surface area contributed by atoms with Crippen LogP contribution < -0.4 is 14.7 Å². The van der Waals surface area contributed by atoms with E-state index in [-0.39, 0.29) is 24.3 Å². The van der Waals surface area contributed by atoms with E-state index >= 15 is 0 Å². The summed E-state index contributed by atoms with van der Waals surface area (Å²) < 4.78 is 57.1. The summed E-state index contributed by atoms with van der Waals surface area (Å²) in [6, 6.07) is 5.94. The molecular weight excluding hydrogens is 394 g/mol. The summed E-state index contributed by atoms with van der Waals surface area (Å²) in [4.78, 5) is 32.3. The molecule has 0 aliphatic rings. The molecule has 1 aromatic carbocycles. The van der Waals surface area contributed by atoms with Crippen molar-refractivity contribution in [2.45, 2.75) is 44.0 Å². The van der Waals surface area contributed by atoms with E-state index in [2.05, 4.69) is 4.31 Å². The number of hydrogen-bond acceptors (Lipinski definition) is 8. The maximum atomic E-state index is 11.5. The maximum absolute atomic E-state index is 11.5. The third kappa shape index (κ3) is 8.11. The average Bonchev–Trinajstić information content (AvgIpc) is 2.40. The van der Waals surface area contributed by atoms with Crippen LogP contribution in [0.1, 0.15) is 43.7 Å². The van der Waals surface area contributed by atoms with Gasteiger partial charge in [0.05, 0.1) is 13.1 Å². The summed E-state index contributed by atoms with van der Waals surface area (Å²) in [5, 5.41) is -0.902. The minimum atomic E-state index is -5.64. The molecule has 12 heteroatoms. The Labute approximate surface area is 146 Å². The van der Waals surface area contributed by atoms with E-state index in [4.69, 9.17) is 4.55 Å². The van der Waals surface area contributed by atoms with Crippen LogP contribution in [-0.2, 0) is 29.7 Å². The fraction of sp³-hybridized carbons (Fsp3) is 0.538. The lowest BCUT2D eigenvalue weighted by molar-refractivity contribution is -0.337. The van der Waals surface area contributed by atoms with E-state index in [0.29, 0.717) is 5.56 Å². The molecule has 1 rings (SSSR count). The molecule has 0 fully saturated rings. The van der Waals surface area contributed by atoms with Crippen LogP contribution in [0.25, 0.3) is 0 Å². The van der Waals surface area contributed by atoms with Crippen molar-refractivity contribution in [3.8, 4) is 0 Å². The molecular formula is C13H19O9P2S-3. The summed E-state index contributed by atoms with van der Waals surface area (Å²) in [5.41, 5.74) is 0.926. The first-order valence-corrected chi connectivity index (χ1v) is 12.0. The zero-order valence-electron chi connectivity index (χ0n) is 13.6. The van der Waals surface area contributed by atoms with Gasteiger partial charge in [-0.25, -0.2) is 0 Å². The Hall–Kier alpha value is -0.570. The van der Waals surface area contributed by atoms with Crippen molar-refractivity contribution < 1.29 is 41.1 Å². The maximum Gasteiger partial charge on any atom is 0.267 e. The van der Waals surface area contributed by atoms with Crippen LogP contribution in [-0.4, -0.2) is 18.2 Å². The van der Waals surface area contributed by atoms with Crippen LogP contribution in [0, 0.1) is 0 Å². The monoisotopic (exact) mass is 413 g/mol. The molecule has 9 nitrogen and oxygen atoms in total. The molecule has 0 heterocycles. The van der Waals surface area contributed by atoms with Crippen molar-refractivity contribution in [3.05, 3.63) is 35.4 Å². The lowest BCUT2D eigenvalue weighted by atomic mass is 9.95. The van der Waals surface area contributed by atoms with Gasteiger partial charge in [0.25, 0.3) is 10.1 Å². The third-order valence-corrected chi connectivity index (χ3v) is 7.56. The van der Waals surface area contributed by atoms with Gasteiger partial charge in [0, 0.05) is 6.16 Å². The second-order valence-corrected chi connectivity index (χ2v) is 10.5. The van der Waals surface area contributed by atoms with E-state index in [1.807, 2.05) is 0 Å². The predicted octanol–water partition coefficient (Wildman–Crippen LogP) is 0.745. The van der Waals surface area contributed by atoms with Gasteiger partial charge < -0.3 is 28.1 Å². The van der Waals surface area contributed by atoms with E-state index in [0.717, 1.165) is 0 Å². The Morgan fingerprint density at radius 3 is 2.08 bits per heavy atom. The van der Waals surface area contributed by atoms with Gasteiger partial charge >= 0.3 is 0 Å². The molecule has 3 atom stereocenters. The molecule has 3 unspecified atom stereocenters. The Balaban J connectivity index is 2.82. The van der Waals surface area contributed by atoms with Crippen LogP contribution >= 0.6 is 15.4 Å². The van der Waals surface area contributed by atoms with Crippen molar-refractivity contribution >= 4 is 25.5 Å². The molecule has 144 valence electrons. The van der Waals surface area contributed by atoms with Gasteiger partial charge in [0.15, 0.2) is 0 Å². The van der Waals surface area contributed by atoms with Crippen LogP contribution in [0.3, 0.4) is 0 Å². The van der Waals surface area contributed by atoms with Crippen molar-refractivity contribution in [2.24, 2.45) is 0 Å². The molecule has 0 spiro atoms. The second kappa shape index (κ2) is 8.41. The molecule has 1 aromatic rings. The van der Waals surface area contributed by atoms with E-state index in [1.54, 1.807) is 26.0 Å². The highest BCUT2D eigenvalue weighted by Gasteiger charge is 2.24. The highest BCUT2D eigenvalue weighted by atomic mass is 32.2.